The number of hydrogen-bond donors (Lipinski definition) is 2. The predicted molar refractivity (Wildman–Crippen MR) is 87.0 cm³/mol. The van der Waals surface area contributed by atoms with Gasteiger partial charge in [0.2, 0.25) is 0 Å². The van der Waals surface area contributed by atoms with E-state index in [0.29, 0.717) is 0 Å². The van der Waals surface area contributed by atoms with Gasteiger partial charge in [-0.15, -0.1) is 0 Å². The highest BCUT2D eigenvalue weighted by molar-refractivity contribution is 5.56. The lowest BCUT2D eigenvalue weighted by atomic mass is 10.3. The Balaban J connectivity index is 1.82. The predicted octanol–water partition coefficient (Wildman–Crippen LogP) is 1.47. The quantitative estimate of drug-likeness (QED) is 0.649. The molecule has 118 valence electrons. The van der Waals surface area contributed by atoms with Crippen LogP contribution in [0.5, 0.6) is 0 Å². The number of H-pyrrole nitrogens is 2. The third-order valence-corrected chi connectivity index (χ3v) is 3.97. The number of hydrogen-bond acceptors (Lipinski definition) is 6. The van der Waals surface area contributed by atoms with E-state index in [9.17, 15) is 0 Å². The molecule has 8 nitrogen and oxygen atoms in total. The van der Waals surface area contributed by atoms with Crippen LogP contribution in [0.4, 0.5) is 0 Å². The highest BCUT2D eigenvalue weighted by atomic mass is 15.0. The molecule has 2 aliphatic heterocycles. The minimum Gasteiger partial charge on any atom is -0.325 e. The van der Waals surface area contributed by atoms with Gasteiger partial charge in [-0.2, -0.15) is 0 Å². The molecule has 0 radical (unpaired) electrons. The van der Waals surface area contributed by atoms with Crippen molar-refractivity contribution in [3.8, 4) is 0 Å². The lowest BCUT2D eigenvalue weighted by molar-refractivity contribution is 0.896. The van der Waals surface area contributed by atoms with E-state index in [1.807, 2.05) is 24.3 Å². The summed E-state index contributed by atoms with van der Waals surface area (Å²) in [5.74, 6) is 3.15. The largest absolute Gasteiger partial charge is 0.325 e. The van der Waals surface area contributed by atoms with E-state index in [4.69, 9.17) is 0 Å². The SMILES string of the molecule is c1cc2nc3ccc(nc4nc(nc5nc(nc1[nH]2)CC5)CC4)[nH]3. The second kappa shape index (κ2) is 5.19. The van der Waals surface area contributed by atoms with E-state index in [2.05, 4.69) is 39.9 Å². The molecule has 5 rings (SSSR count). The van der Waals surface area contributed by atoms with Crippen molar-refractivity contribution in [3.63, 3.8) is 0 Å². The van der Waals surface area contributed by atoms with Gasteiger partial charge in [0.1, 0.15) is 45.9 Å². The molecule has 8 bridgehead atoms. The number of fused-ring (bicyclic) bond motifs is 8. The molecule has 0 unspecified atom stereocenters. The van der Waals surface area contributed by atoms with Gasteiger partial charge < -0.3 is 9.97 Å². The maximum Gasteiger partial charge on any atom is 0.134 e. The third kappa shape index (κ3) is 2.51. The smallest absolute Gasteiger partial charge is 0.134 e. The van der Waals surface area contributed by atoms with Crippen LogP contribution in [-0.4, -0.2) is 39.9 Å². The first-order valence-electron chi connectivity index (χ1n) is 7.92. The van der Waals surface area contributed by atoms with E-state index in [-0.39, 0.29) is 0 Å². The van der Waals surface area contributed by atoms with Crippen molar-refractivity contribution in [2.45, 2.75) is 25.7 Å². The van der Waals surface area contributed by atoms with Crippen LogP contribution in [-0.2, 0) is 25.7 Å². The summed E-state index contributed by atoms with van der Waals surface area (Å²) in [7, 11) is 0. The average molecular weight is 318 g/mol. The average Bonchev–Trinajstić information content (AvgIpc) is 3.32. The number of aromatic amines is 2. The van der Waals surface area contributed by atoms with Gasteiger partial charge in [0, 0.05) is 25.7 Å². The first-order chi connectivity index (χ1) is 11.8. The van der Waals surface area contributed by atoms with Crippen molar-refractivity contribution in [2.24, 2.45) is 0 Å². The van der Waals surface area contributed by atoms with Gasteiger partial charge in [-0.05, 0) is 24.3 Å². The van der Waals surface area contributed by atoms with Crippen LogP contribution in [0.25, 0.3) is 22.6 Å². The first-order valence-corrected chi connectivity index (χ1v) is 7.92. The van der Waals surface area contributed by atoms with E-state index in [1.165, 1.54) is 0 Å². The van der Waals surface area contributed by atoms with E-state index < -0.39 is 0 Å². The Morgan fingerprint density at radius 2 is 0.792 bits per heavy atom. The zero-order chi connectivity index (χ0) is 15.9. The van der Waals surface area contributed by atoms with Gasteiger partial charge in [-0.1, -0.05) is 0 Å². The van der Waals surface area contributed by atoms with Crippen LogP contribution < -0.4 is 0 Å². The van der Waals surface area contributed by atoms with Crippen molar-refractivity contribution in [3.05, 3.63) is 47.6 Å². The van der Waals surface area contributed by atoms with Crippen LogP contribution in [0.3, 0.4) is 0 Å². The zero-order valence-corrected chi connectivity index (χ0v) is 12.8. The van der Waals surface area contributed by atoms with Crippen LogP contribution in [0, 0.1) is 0 Å². The monoisotopic (exact) mass is 318 g/mol. The molecule has 0 saturated heterocycles. The summed E-state index contributed by atoms with van der Waals surface area (Å²) in [6.45, 7) is 0. The summed E-state index contributed by atoms with van der Waals surface area (Å²) in [4.78, 5) is 33.5. The molecule has 5 heterocycles. The summed E-state index contributed by atoms with van der Waals surface area (Å²) >= 11 is 0. The number of aromatic nitrogens is 8. The normalized spacial score (nSPS) is 14.0. The lowest BCUT2D eigenvalue weighted by Crippen LogP contribution is -1.90. The molecular formula is C16H14N8. The molecule has 0 amide bonds. The van der Waals surface area contributed by atoms with Gasteiger partial charge in [0.25, 0.3) is 0 Å². The zero-order valence-electron chi connectivity index (χ0n) is 12.8. The van der Waals surface area contributed by atoms with Crippen LogP contribution in [0.1, 0.15) is 23.3 Å². The van der Waals surface area contributed by atoms with Crippen molar-refractivity contribution in [2.75, 3.05) is 0 Å². The van der Waals surface area contributed by atoms with Gasteiger partial charge in [0.15, 0.2) is 0 Å². The summed E-state index contributed by atoms with van der Waals surface area (Å²) in [5, 5.41) is 0. The summed E-state index contributed by atoms with van der Waals surface area (Å²) in [6, 6.07) is 7.57. The van der Waals surface area contributed by atoms with Crippen molar-refractivity contribution in [1.82, 2.24) is 39.9 Å². The minimum atomic E-state index is 0.732. The Bertz CT molecular complexity index is 995. The fourth-order valence-electron chi connectivity index (χ4n) is 2.85. The molecule has 24 heavy (non-hydrogen) atoms. The molecule has 0 atom stereocenters. The maximum atomic E-state index is 4.56. The molecular weight excluding hydrogens is 304 g/mol. The second-order valence-electron chi connectivity index (χ2n) is 5.79. The lowest BCUT2D eigenvalue weighted by Gasteiger charge is -1.85. The Kier molecular flexibility index (Phi) is 2.87. The number of nitrogens with zero attached hydrogens (tertiary/aromatic N) is 6. The molecule has 0 aromatic carbocycles. The van der Waals surface area contributed by atoms with Gasteiger partial charge in [-0.3, -0.25) is 0 Å². The van der Waals surface area contributed by atoms with Gasteiger partial charge >= 0.3 is 0 Å². The molecule has 0 aliphatic carbocycles. The minimum absolute atomic E-state index is 0.732. The molecule has 0 fully saturated rings. The fourth-order valence-corrected chi connectivity index (χ4v) is 2.85. The summed E-state index contributed by atoms with van der Waals surface area (Å²) in [6.07, 6.45) is 3.17. The van der Waals surface area contributed by atoms with Gasteiger partial charge in [0.05, 0.1) is 0 Å². The van der Waals surface area contributed by atoms with E-state index in [1.54, 1.807) is 0 Å². The maximum absolute atomic E-state index is 4.56. The highest BCUT2D eigenvalue weighted by Crippen LogP contribution is 2.10. The second-order valence-corrected chi connectivity index (χ2v) is 5.79. The summed E-state index contributed by atoms with van der Waals surface area (Å²) < 4.78 is 0. The first kappa shape index (κ1) is 13.3. The molecule has 3 aromatic heterocycles. The van der Waals surface area contributed by atoms with Crippen LogP contribution in [0.2, 0.25) is 0 Å². The molecule has 2 N–H and O–H groups in total. The van der Waals surface area contributed by atoms with Crippen LogP contribution in [0.15, 0.2) is 24.3 Å². The Morgan fingerprint density at radius 3 is 1.21 bits per heavy atom. The van der Waals surface area contributed by atoms with Gasteiger partial charge in [-0.25, -0.2) is 29.9 Å². The topological polar surface area (TPSA) is 109 Å². The van der Waals surface area contributed by atoms with E-state index >= 15 is 0 Å². The fraction of sp³-hybridized carbons (Fsp3) is 0.250. The molecule has 8 heteroatoms. The Labute approximate surface area is 136 Å². The Hall–Kier alpha value is -3.16. The number of rotatable bonds is 0. The van der Waals surface area contributed by atoms with E-state index in [0.717, 1.165) is 71.6 Å². The number of nitrogens with one attached hydrogen (secondary N) is 2. The molecule has 0 saturated carbocycles. The van der Waals surface area contributed by atoms with Crippen molar-refractivity contribution < 1.29 is 0 Å². The molecule has 2 aliphatic rings. The third-order valence-electron chi connectivity index (χ3n) is 3.97. The van der Waals surface area contributed by atoms with Crippen molar-refractivity contribution in [1.29, 1.82) is 0 Å². The molecule has 3 aromatic rings. The highest BCUT2D eigenvalue weighted by Gasteiger charge is 2.12. The van der Waals surface area contributed by atoms with Crippen LogP contribution >= 0.6 is 0 Å². The van der Waals surface area contributed by atoms with Crippen molar-refractivity contribution >= 4 is 22.6 Å². The summed E-state index contributed by atoms with van der Waals surface area (Å²) in [5.41, 5.74) is 2.95. The number of aryl methyl sites for hydroxylation is 4. The molecule has 0 spiro atoms. The standard InChI is InChI=1S/C16H14N8/c1-2-10-17-9(1)21-11-3-4-13(18-11)23-15-7-8-16(20-15)24-14-6-5-12(19-14)22-10/h1-4H,5-8H2,(H2,17,18,19,20,21,22,23,24). The Morgan fingerprint density at radius 1 is 0.458 bits per heavy atom.